The van der Waals surface area contributed by atoms with Crippen molar-refractivity contribution in [2.24, 2.45) is 0 Å². The lowest BCUT2D eigenvalue weighted by Crippen LogP contribution is -2.39. The van der Waals surface area contributed by atoms with Gasteiger partial charge in [0.2, 0.25) is 0 Å². The van der Waals surface area contributed by atoms with E-state index >= 15 is 0 Å². The summed E-state index contributed by atoms with van der Waals surface area (Å²) in [6.07, 6.45) is 14.7. The van der Waals surface area contributed by atoms with Gasteiger partial charge in [0.1, 0.15) is 18.1 Å². The molecule has 7 heteroatoms. The van der Waals surface area contributed by atoms with E-state index in [0.717, 1.165) is 59.8 Å². The zero-order valence-corrected chi connectivity index (χ0v) is 16.6. The van der Waals surface area contributed by atoms with Gasteiger partial charge in [0.15, 0.2) is 11.3 Å². The molecule has 1 fully saturated rings. The van der Waals surface area contributed by atoms with Gasteiger partial charge in [0, 0.05) is 17.7 Å². The lowest BCUT2D eigenvalue weighted by Gasteiger charge is -2.34. The smallest absolute Gasteiger partial charge is 0.198 e. The lowest BCUT2D eigenvalue weighted by atomic mass is 9.97. The van der Waals surface area contributed by atoms with Crippen molar-refractivity contribution < 1.29 is 13.9 Å². The molecule has 6 rings (SSSR count). The minimum atomic E-state index is -0.942. The maximum absolute atomic E-state index is 13.7. The van der Waals surface area contributed by atoms with Crippen molar-refractivity contribution in [3.63, 3.8) is 0 Å². The number of imidazole rings is 1. The molecule has 0 radical (unpaired) electrons. The van der Waals surface area contributed by atoms with E-state index in [1.54, 1.807) is 6.08 Å². The molecule has 2 aromatic rings. The van der Waals surface area contributed by atoms with E-state index in [9.17, 15) is 4.39 Å². The summed E-state index contributed by atoms with van der Waals surface area (Å²) in [5.41, 5.74) is 5.27. The van der Waals surface area contributed by atoms with E-state index in [0.29, 0.717) is 25.3 Å². The van der Waals surface area contributed by atoms with E-state index in [1.165, 1.54) is 0 Å². The first-order chi connectivity index (χ1) is 14.8. The van der Waals surface area contributed by atoms with Crippen LogP contribution in [0.2, 0.25) is 0 Å². The standard InChI is InChI=1S/C23H23FN4O2/c24-15-7-5-14(6-8-15)22-27-21-23(26-18-4-2-1-3-17(18)25-21)28(22)16-9-10-19-20(13-16)30-12-11-29-19/h2,4-7,13,15,19-20H,1,3,8-12H2. The van der Waals surface area contributed by atoms with E-state index in [-0.39, 0.29) is 12.2 Å². The van der Waals surface area contributed by atoms with Crippen LogP contribution >= 0.6 is 0 Å². The summed E-state index contributed by atoms with van der Waals surface area (Å²) in [7, 11) is 0. The molecule has 0 N–H and O–H groups in total. The SMILES string of the molecule is FC1C=CC(c2nc3nc4c(nc3n2C2=CC3OCCOC3CC2)C=CCC4)=CC1. The second kappa shape index (κ2) is 7.25. The number of aromatic nitrogens is 4. The highest BCUT2D eigenvalue weighted by Gasteiger charge is 2.32. The minimum Gasteiger partial charge on any atom is -0.373 e. The van der Waals surface area contributed by atoms with Gasteiger partial charge in [-0.15, -0.1) is 0 Å². The number of hydrogen-bond acceptors (Lipinski definition) is 5. The van der Waals surface area contributed by atoms with Gasteiger partial charge >= 0.3 is 0 Å². The van der Waals surface area contributed by atoms with Gasteiger partial charge in [-0.1, -0.05) is 18.2 Å². The Morgan fingerprint density at radius 2 is 2.00 bits per heavy atom. The van der Waals surface area contributed by atoms with E-state index < -0.39 is 6.17 Å². The first-order valence-electron chi connectivity index (χ1n) is 10.7. The molecule has 0 aromatic carbocycles. The molecule has 3 unspecified atom stereocenters. The van der Waals surface area contributed by atoms with Crippen LogP contribution in [0.15, 0.2) is 30.4 Å². The highest BCUT2D eigenvalue weighted by molar-refractivity contribution is 5.83. The summed E-state index contributed by atoms with van der Waals surface area (Å²) in [5.74, 6) is 0.765. The zero-order valence-electron chi connectivity index (χ0n) is 16.6. The predicted molar refractivity (Wildman–Crippen MR) is 112 cm³/mol. The molecule has 3 aliphatic carbocycles. The van der Waals surface area contributed by atoms with Gasteiger partial charge in [0.25, 0.3) is 0 Å². The molecule has 30 heavy (non-hydrogen) atoms. The van der Waals surface area contributed by atoms with Gasteiger partial charge < -0.3 is 9.47 Å². The van der Waals surface area contributed by atoms with Crippen LogP contribution in [-0.2, 0) is 15.9 Å². The summed E-state index contributed by atoms with van der Waals surface area (Å²) in [6.45, 7) is 1.25. The van der Waals surface area contributed by atoms with Gasteiger partial charge in [-0.3, -0.25) is 4.57 Å². The Morgan fingerprint density at radius 1 is 1.07 bits per heavy atom. The van der Waals surface area contributed by atoms with Gasteiger partial charge in [-0.05, 0) is 43.9 Å². The van der Waals surface area contributed by atoms with E-state index in [4.69, 9.17) is 24.4 Å². The average molecular weight is 406 g/mol. The van der Waals surface area contributed by atoms with Gasteiger partial charge in [0.05, 0.1) is 30.7 Å². The lowest BCUT2D eigenvalue weighted by molar-refractivity contribution is -0.125. The number of hydrogen-bond donors (Lipinski definition) is 0. The number of ether oxygens (including phenoxy) is 2. The predicted octanol–water partition coefficient (Wildman–Crippen LogP) is 3.89. The molecule has 0 amide bonds. The van der Waals surface area contributed by atoms with Crippen molar-refractivity contribution in [2.75, 3.05) is 13.2 Å². The molecule has 0 bridgehead atoms. The first kappa shape index (κ1) is 18.2. The molecule has 1 saturated heterocycles. The molecular weight excluding hydrogens is 383 g/mol. The second-order valence-electron chi connectivity index (χ2n) is 8.13. The van der Waals surface area contributed by atoms with E-state index in [1.807, 2.05) is 18.2 Å². The topological polar surface area (TPSA) is 62.1 Å². The van der Waals surface area contributed by atoms with Crippen LogP contribution in [0.1, 0.15) is 42.9 Å². The first-order valence-corrected chi connectivity index (χ1v) is 10.7. The Morgan fingerprint density at radius 3 is 2.90 bits per heavy atom. The van der Waals surface area contributed by atoms with Crippen LogP contribution in [0.3, 0.4) is 0 Å². The molecule has 0 saturated carbocycles. The molecule has 4 aliphatic rings. The van der Waals surface area contributed by atoms with Crippen molar-refractivity contribution >= 4 is 28.6 Å². The van der Waals surface area contributed by atoms with Crippen LogP contribution in [-0.4, -0.2) is 51.1 Å². The van der Waals surface area contributed by atoms with Crippen molar-refractivity contribution in [2.45, 2.75) is 50.5 Å². The number of aryl methyl sites for hydroxylation is 1. The number of fused-ring (bicyclic) bond motifs is 3. The van der Waals surface area contributed by atoms with Crippen molar-refractivity contribution in [3.05, 3.63) is 47.6 Å². The maximum atomic E-state index is 13.7. The largest absolute Gasteiger partial charge is 0.373 e. The Hall–Kier alpha value is -2.64. The van der Waals surface area contributed by atoms with Gasteiger partial charge in [-0.2, -0.15) is 0 Å². The van der Waals surface area contributed by atoms with Crippen LogP contribution in [0.5, 0.6) is 0 Å². The number of rotatable bonds is 2. The summed E-state index contributed by atoms with van der Waals surface area (Å²) in [6, 6.07) is 0. The van der Waals surface area contributed by atoms with Crippen molar-refractivity contribution in [1.29, 1.82) is 0 Å². The third kappa shape index (κ3) is 3.04. The highest BCUT2D eigenvalue weighted by atomic mass is 19.1. The Labute approximate surface area is 173 Å². The fraction of sp³-hybridized carbons (Fsp3) is 0.435. The molecule has 3 atom stereocenters. The van der Waals surface area contributed by atoms with Crippen LogP contribution in [0.4, 0.5) is 4.39 Å². The third-order valence-electron chi connectivity index (χ3n) is 6.15. The Balaban J connectivity index is 1.53. The Bertz CT molecular complexity index is 1130. The van der Waals surface area contributed by atoms with Crippen molar-refractivity contribution in [1.82, 2.24) is 19.5 Å². The summed E-state index contributed by atoms with van der Waals surface area (Å²) in [5, 5.41) is 0. The zero-order chi connectivity index (χ0) is 20.1. The summed E-state index contributed by atoms with van der Waals surface area (Å²) >= 11 is 0. The second-order valence-corrected chi connectivity index (χ2v) is 8.13. The number of alkyl halides is 1. The normalized spacial score (nSPS) is 28.1. The summed E-state index contributed by atoms with van der Waals surface area (Å²) < 4.78 is 27.6. The highest BCUT2D eigenvalue weighted by Crippen LogP contribution is 2.34. The number of allylic oxidation sites excluding steroid dienone is 6. The quantitative estimate of drug-likeness (QED) is 0.757. The molecule has 2 aromatic heterocycles. The Kier molecular flexibility index (Phi) is 4.39. The fourth-order valence-electron chi connectivity index (χ4n) is 4.64. The summed E-state index contributed by atoms with van der Waals surface area (Å²) in [4.78, 5) is 14.6. The van der Waals surface area contributed by atoms with Gasteiger partial charge in [-0.25, -0.2) is 19.3 Å². The average Bonchev–Trinajstić information content (AvgIpc) is 3.16. The minimum absolute atomic E-state index is 0.0654. The monoisotopic (exact) mass is 406 g/mol. The fourth-order valence-corrected chi connectivity index (χ4v) is 4.64. The molecular formula is C23H23FN4O2. The van der Waals surface area contributed by atoms with Crippen LogP contribution in [0.25, 0.3) is 28.6 Å². The molecule has 6 nitrogen and oxygen atoms in total. The van der Waals surface area contributed by atoms with Crippen molar-refractivity contribution in [3.8, 4) is 0 Å². The molecule has 154 valence electrons. The van der Waals surface area contributed by atoms with Crippen LogP contribution < -0.4 is 0 Å². The molecule has 0 spiro atoms. The number of halogens is 1. The van der Waals surface area contributed by atoms with E-state index in [2.05, 4.69) is 16.7 Å². The number of nitrogens with zero attached hydrogens (tertiary/aromatic N) is 4. The van der Waals surface area contributed by atoms with Crippen LogP contribution in [0, 0.1) is 0 Å². The third-order valence-corrected chi connectivity index (χ3v) is 6.15. The molecule has 3 heterocycles. The molecule has 1 aliphatic heterocycles. The maximum Gasteiger partial charge on any atom is 0.198 e.